The second kappa shape index (κ2) is 8.18. The van der Waals surface area contributed by atoms with Gasteiger partial charge in [0.1, 0.15) is 18.7 Å². The van der Waals surface area contributed by atoms with Crippen molar-refractivity contribution in [1.29, 1.82) is 0 Å². The van der Waals surface area contributed by atoms with Gasteiger partial charge >= 0.3 is 12.1 Å². The predicted molar refractivity (Wildman–Crippen MR) is 76.6 cm³/mol. The molecule has 0 unspecified atom stereocenters. The van der Waals surface area contributed by atoms with Crippen molar-refractivity contribution in [3.63, 3.8) is 0 Å². The number of benzene rings is 1. The Labute approximate surface area is 134 Å². The molecule has 0 atom stereocenters. The van der Waals surface area contributed by atoms with Crippen LogP contribution < -0.4 is 15.4 Å². The minimum atomic E-state index is -4.55. The molecule has 132 valence electrons. The molecule has 1 rings (SSSR count). The lowest BCUT2D eigenvalue weighted by Crippen LogP contribution is -2.35. The van der Waals surface area contributed by atoms with Gasteiger partial charge in [0.25, 0.3) is 0 Å². The second-order valence-electron chi connectivity index (χ2n) is 4.78. The maximum atomic E-state index is 11.9. The van der Waals surface area contributed by atoms with Crippen LogP contribution in [-0.2, 0) is 14.4 Å². The number of amides is 2. The number of hydrogen-bond acceptors (Lipinski definition) is 4. The first-order valence-corrected chi connectivity index (χ1v) is 6.65. The Kier molecular flexibility index (Phi) is 6.57. The van der Waals surface area contributed by atoms with Crippen molar-refractivity contribution in [2.45, 2.75) is 19.5 Å². The molecule has 0 bridgehead atoms. The summed E-state index contributed by atoms with van der Waals surface area (Å²) in [5.41, 5.74) is 0.855. The predicted octanol–water partition coefficient (Wildman–Crippen LogP) is 1.47. The van der Waals surface area contributed by atoms with Crippen LogP contribution in [0.1, 0.15) is 12.0 Å². The third-order valence-corrected chi connectivity index (χ3v) is 2.64. The van der Waals surface area contributed by atoms with E-state index in [9.17, 15) is 27.6 Å². The van der Waals surface area contributed by atoms with Crippen molar-refractivity contribution < 1.29 is 37.4 Å². The fourth-order valence-electron chi connectivity index (χ4n) is 1.61. The highest BCUT2D eigenvalue weighted by Crippen LogP contribution is 2.21. The molecular weight excluding hydrogens is 333 g/mol. The van der Waals surface area contributed by atoms with Gasteiger partial charge < -0.3 is 20.5 Å². The van der Waals surface area contributed by atoms with Gasteiger partial charge in [0.05, 0.1) is 0 Å². The number of nitrogens with one attached hydrogen (secondary N) is 2. The van der Waals surface area contributed by atoms with Gasteiger partial charge in [0, 0.05) is 5.69 Å². The summed E-state index contributed by atoms with van der Waals surface area (Å²) in [6.07, 6.45) is -5.30. The van der Waals surface area contributed by atoms with Crippen molar-refractivity contribution in [1.82, 2.24) is 5.32 Å². The van der Waals surface area contributed by atoms with E-state index in [1.54, 1.807) is 12.2 Å². The van der Waals surface area contributed by atoms with Gasteiger partial charge in [0.15, 0.2) is 6.61 Å². The third kappa shape index (κ3) is 7.47. The molecule has 0 saturated carbocycles. The molecule has 7 nitrogen and oxygen atoms in total. The first-order chi connectivity index (χ1) is 11.1. The summed E-state index contributed by atoms with van der Waals surface area (Å²) >= 11 is 0. The number of halogens is 3. The molecule has 0 aliphatic carbocycles. The van der Waals surface area contributed by atoms with Crippen LogP contribution in [0.5, 0.6) is 5.75 Å². The van der Waals surface area contributed by atoms with Crippen molar-refractivity contribution in [2.24, 2.45) is 0 Å². The van der Waals surface area contributed by atoms with E-state index in [2.05, 4.69) is 5.32 Å². The van der Waals surface area contributed by atoms with Crippen LogP contribution in [0.4, 0.5) is 18.9 Å². The molecule has 1 aromatic rings. The summed E-state index contributed by atoms with van der Waals surface area (Å²) in [6.45, 7) is -0.425. The van der Waals surface area contributed by atoms with E-state index >= 15 is 0 Å². The van der Waals surface area contributed by atoms with E-state index in [0.29, 0.717) is 11.3 Å². The molecule has 1 aromatic carbocycles. The molecule has 2 amide bonds. The van der Waals surface area contributed by atoms with Gasteiger partial charge in [-0.1, -0.05) is 0 Å². The number of alkyl halides is 3. The van der Waals surface area contributed by atoms with Crippen molar-refractivity contribution in [3.05, 3.63) is 23.8 Å². The lowest BCUT2D eigenvalue weighted by atomic mass is 10.2. The number of carboxylic acid groups (broad SMARTS) is 1. The summed E-state index contributed by atoms with van der Waals surface area (Å²) in [5, 5.41) is 12.5. The van der Waals surface area contributed by atoms with Crippen LogP contribution in [0, 0.1) is 6.92 Å². The minimum Gasteiger partial charge on any atom is -0.482 e. The molecule has 3 N–H and O–H groups in total. The number of rotatable bonds is 7. The SMILES string of the molecule is Cc1cc(OCC(=O)O)ccc1NC(=O)CC(=O)NCC(F)(F)F. The summed E-state index contributed by atoms with van der Waals surface area (Å²) in [4.78, 5) is 33.3. The molecule has 0 aliphatic heterocycles. The Morgan fingerprint density at radius 2 is 1.88 bits per heavy atom. The molecule has 0 radical (unpaired) electrons. The molecular formula is C14H15F3N2O5. The first-order valence-electron chi connectivity index (χ1n) is 6.65. The normalized spacial score (nSPS) is 10.8. The smallest absolute Gasteiger partial charge is 0.405 e. The Morgan fingerprint density at radius 1 is 1.21 bits per heavy atom. The highest BCUT2D eigenvalue weighted by atomic mass is 19.4. The Bertz CT molecular complexity index is 631. The van der Waals surface area contributed by atoms with E-state index in [4.69, 9.17) is 9.84 Å². The zero-order chi connectivity index (χ0) is 18.3. The average Bonchev–Trinajstić information content (AvgIpc) is 2.44. The zero-order valence-corrected chi connectivity index (χ0v) is 12.6. The van der Waals surface area contributed by atoms with Crippen LogP contribution >= 0.6 is 0 Å². The molecule has 0 fully saturated rings. The van der Waals surface area contributed by atoms with Crippen LogP contribution in [-0.4, -0.2) is 42.2 Å². The highest BCUT2D eigenvalue weighted by Gasteiger charge is 2.28. The first kappa shape index (κ1) is 19.3. The molecule has 0 spiro atoms. The molecule has 0 aliphatic rings. The van der Waals surface area contributed by atoms with E-state index in [1.165, 1.54) is 18.2 Å². The molecule has 0 heterocycles. The van der Waals surface area contributed by atoms with Crippen LogP contribution in [0.25, 0.3) is 0 Å². The Morgan fingerprint density at radius 3 is 2.42 bits per heavy atom. The standard InChI is InChI=1S/C14H15F3N2O5/c1-8-4-9(24-6-13(22)23)2-3-10(8)19-12(21)5-11(20)18-7-14(15,16)17/h2-4H,5-7H2,1H3,(H,18,20)(H,19,21)(H,22,23). The van der Waals surface area contributed by atoms with E-state index in [-0.39, 0.29) is 5.75 Å². The van der Waals surface area contributed by atoms with E-state index < -0.39 is 43.5 Å². The highest BCUT2D eigenvalue weighted by molar-refractivity contribution is 6.03. The molecule has 10 heteroatoms. The number of hydrogen-bond donors (Lipinski definition) is 3. The Hall–Kier alpha value is -2.78. The van der Waals surface area contributed by atoms with Crippen molar-refractivity contribution in [3.8, 4) is 5.75 Å². The van der Waals surface area contributed by atoms with Crippen molar-refractivity contribution >= 4 is 23.5 Å². The van der Waals surface area contributed by atoms with Gasteiger partial charge in [-0.05, 0) is 30.7 Å². The van der Waals surface area contributed by atoms with E-state index in [0.717, 1.165) is 0 Å². The Balaban J connectivity index is 2.54. The number of aryl methyl sites for hydroxylation is 1. The monoisotopic (exact) mass is 348 g/mol. The van der Waals surface area contributed by atoms with Crippen LogP contribution in [0.2, 0.25) is 0 Å². The second-order valence-corrected chi connectivity index (χ2v) is 4.78. The summed E-state index contributed by atoms with van der Waals surface area (Å²) in [6, 6.07) is 4.32. The number of carbonyl (C=O) groups is 3. The molecule has 0 aromatic heterocycles. The lowest BCUT2D eigenvalue weighted by Gasteiger charge is -2.11. The quantitative estimate of drug-likeness (QED) is 0.647. The van der Waals surface area contributed by atoms with Gasteiger partial charge in [-0.2, -0.15) is 13.2 Å². The lowest BCUT2D eigenvalue weighted by molar-refractivity contribution is -0.140. The topological polar surface area (TPSA) is 105 Å². The summed E-state index contributed by atoms with van der Waals surface area (Å²) in [7, 11) is 0. The van der Waals surface area contributed by atoms with Crippen LogP contribution in [0.3, 0.4) is 0 Å². The number of carbonyl (C=O) groups excluding carboxylic acids is 2. The number of anilines is 1. The third-order valence-electron chi connectivity index (χ3n) is 2.64. The summed E-state index contributed by atoms with van der Waals surface area (Å²) in [5.74, 6) is -2.70. The van der Waals surface area contributed by atoms with Gasteiger partial charge in [-0.15, -0.1) is 0 Å². The zero-order valence-electron chi connectivity index (χ0n) is 12.6. The fraction of sp³-hybridized carbons (Fsp3) is 0.357. The van der Waals surface area contributed by atoms with Gasteiger partial charge in [-0.3, -0.25) is 9.59 Å². The van der Waals surface area contributed by atoms with Crippen LogP contribution in [0.15, 0.2) is 18.2 Å². The number of ether oxygens (including phenoxy) is 1. The molecule has 0 saturated heterocycles. The fourth-order valence-corrected chi connectivity index (χ4v) is 1.61. The maximum Gasteiger partial charge on any atom is 0.405 e. The van der Waals surface area contributed by atoms with Gasteiger partial charge in [0.2, 0.25) is 11.8 Å². The van der Waals surface area contributed by atoms with E-state index in [1.807, 2.05) is 0 Å². The van der Waals surface area contributed by atoms with Crippen molar-refractivity contribution in [2.75, 3.05) is 18.5 Å². The largest absolute Gasteiger partial charge is 0.482 e. The summed E-state index contributed by atoms with van der Waals surface area (Å²) < 4.78 is 40.8. The van der Waals surface area contributed by atoms with Gasteiger partial charge in [-0.25, -0.2) is 4.79 Å². The number of aliphatic carboxylic acids is 1. The minimum absolute atomic E-state index is 0.274. The average molecular weight is 348 g/mol. The molecule has 24 heavy (non-hydrogen) atoms. The number of carboxylic acids is 1. The maximum absolute atomic E-state index is 11.9.